The molecule has 1 atom stereocenters. The normalized spacial score (nSPS) is 12.5. The van der Waals surface area contributed by atoms with Gasteiger partial charge in [-0.25, -0.2) is 0 Å². The second-order valence-corrected chi connectivity index (χ2v) is 5.25. The third kappa shape index (κ3) is 7.67. The molecule has 1 rings (SSSR count). The van der Waals surface area contributed by atoms with Crippen molar-refractivity contribution in [3.05, 3.63) is 35.9 Å². The Bertz CT molecular complexity index is 504. The Balaban J connectivity index is 2.42. The van der Waals surface area contributed by atoms with Gasteiger partial charge in [-0.1, -0.05) is 36.8 Å². The summed E-state index contributed by atoms with van der Waals surface area (Å²) in [5.41, 5.74) is 0.0130. The summed E-state index contributed by atoms with van der Waals surface area (Å²) in [4.78, 5) is 22.4. The number of carbonyl (C=O) groups is 2. The van der Waals surface area contributed by atoms with Crippen LogP contribution in [-0.4, -0.2) is 24.5 Å². The summed E-state index contributed by atoms with van der Waals surface area (Å²) in [6.45, 7) is 1.92. The highest BCUT2D eigenvalue weighted by molar-refractivity contribution is 5.76. The molecule has 0 saturated heterocycles. The lowest BCUT2D eigenvalue weighted by molar-refractivity contribution is -0.163. The van der Waals surface area contributed by atoms with Gasteiger partial charge in [0.15, 0.2) is 6.04 Å². The first kappa shape index (κ1) is 19.0. The quantitative estimate of drug-likeness (QED) is 0.720. The summed E-state index contributed by atoms with van der Waals surface area (Å²) < 4.78 is 39.2. The average molecular weight is 330 g/mol. The number of hydrogen-bond donors (Lipinski definition) is 2. The molecular formula is C16H21F3N2O2. The zero-order chi connectivity index (χ0) is 17.3. The lowest BCUT2D eigenvalue weighted by Gasteiger charge is -2.22. The molecule has 0 fully saturated rings. The first-order valence-electron chi connectivity index (χ1n) is 7.46. The van der Waals surface area contributed by atoms with Crippen LogP contribution in [0.4, 0.5) is 13.2 Å². The standard InChI is InChI=1S/C16H21F3N2O2/c1-12(22)20-11-7-3-6-10-14(23)21-15(16(17,18)19)13-8-4-2-5-9-13/h2,4-5,8-9,15H,3,6-7,10-11H2,1H3,(H,20,22)(H,21,23). The van der Waals surface area contributed by atoms with E-state index in [0.717, 1.165) is 0 Å². The molecule has 4 nitrogen and oxygen atoms in total. The highest BCUT2D eigenvalue weighted by Gasteiger charge is 2.41. The molecule has 0 radical (unpaired) electrons. The average Bonchev–Trinajstić information content (AvgIpc) is 2.48. The first-order valence-corrected chi connectivity index (χ1v) is 7.46. The number of benzene rings is 1. The molecule has 2 N–H and O–H groups in total. The number of hydrogen-bond acceptors (Lipinski definition) is 2. The predicted octanol–water partition coefficient (Wildman–Crippen LogP) is 3.10. The minimum absolute atomic E-state index is 0.0130. The van der Waals surface area contributed by atoms with E-state index in [-0.39, 0.29) is 17.9 Å². The Morgan fingerprint density at radius 2 is 1.74 bits per heavy atom. The van der Waals surface area contributed by atoms with Crippen LogP contribution in [0.25, 0.3) is 0 Å². The monoisotopic (exact) mass is 330 g/mol. The summed E-state index contributed by atoms with van der Waals surface area (Å²) in [6.07, 6.45) is -2.68. The predicted molar refractivity (Wildman–Crippen MR) is 80.5 cm³/mol. The molecule has 1 aromatic carbocycles. The van der Waals surface area contributed by atoms with Crippen molar-refractivity contribution in [2.45, 2.75) is 44.8 Å². The van der Waals surface area contributed by atoms with Gasteiger partial charge in [-0.2, -0.15) is 13.2 Å². The third-order valence-corrected chi connectivity index (χ3v) is 3.22. The highest BCUT2D eigenvalue weighted by Crippen LogP contribution is 2.32. The van der Waals surface area contributed by atoms with Gasteiger partial charge < -0.3 is 10.6 Å². The van der Waals surface area contributed by atoms with Crippen molar-refractivity contribution in [1.82, 2.24) is 10.6 Å². The Morgan fingerprint density at radius 3 is 2.30 bits per heavy atom. The van der Waals surface area contributed by atoms with E-state index >= 15 is 0 Å². The maximum atomic E-state index is 13.1. The third-order valence-electron chi connectivity index (χ3n) is 3.22. The van der Waals surface area contributed by atoms with Crippen molar-refractivity contribution in [2.24, 2.45) is 0 Å². The minimum Gasteiger partial charge on any atom is -0.356 e. The summed E-state index contributed by atoms with van der Waals surface area (Å²) in [5, 5.41) is 4.67. The van der Waals surface area contributed by atoms with Crippen molar-refractivity contribution in [2.75, 3.05) is 6.54 Å². The van der Waals surface area contributed by atoms with Crippen LogP contribution in [0.1, 0.15) is 44.2 Å². The fourth-order valence-corrected chi connectivity index (χ4v) is 2.08. The molecule has 0 saturated carbocycles. The molecular weight excluding hydrogens is 309 g/mol. The van der Waals surface area contributed by atoms with Crippen molar-refractivity contribution in [1.29, 1.82) is 0 Å². The first-order chi connectivity index (χ1) is 10.8. The number of unbranched alkanes of at least 4 members (excludes halogenated alkanes) is 2. The number of nitrogens with one attached hydrogen (secondary N) is 2. The van der Waals surface area contributed by atoms with E-state index in [4.69, 9.17) is 0 Å². The number of alkyl halides is 3. The topological polar surface area (TPSA) is 58.2 Å². The molecule has 0 aromatic heterocycles. The Kier molecular flexibility index (Phi) is 7.57. The van der Waals surface area contributed by atoms with Crippen molar-refractivity contribution in [3.63, 3.8) is 0 Å². The van der Waals surface area contributed by atoms with Gasteiger partial charge in [0.2, 0.25) is 11.8 Å². The summed E-state index contributed by atoms with van der Waals surface area (Å²) >= 11 is 0. The van der Waals surface area contributed by atoms with E-state index in [0.29, 0.717) is 25.8 Å². The lowest BCUT2D eigenvalue weighted by Crippen LogP contribution is -2.38. The van der Waals surface area contributed by atoms with Crippen LogP contribution in [-0.2, 0) is 9.59 Å². The van der Waals surface area contributed by atoms with Crippen LogP contribution in [0, 0.1) is 0 Å². The van der Waals surface area contributed by atoms with E-state index in [1.54, 1.807) is 6.07 Å². The molecule has 0 aliphatic carbocycles. The zero-order valence-electron chi connectivity index (χ0n) is 13.0. The minimum atomic E-state index is -4.54. The van der Waals surface area contributed by atoms with Gasteiger partial charge in [0.25, 0.3) is 0 Å². The number of amides is 2. The van der Waals surface area contributed by atoms with Crippen LogP contribution in [0.3, 0.4) is 0 Å². The number of carbonyl (C=O) groups excluding carboxylic acids is 2. The van der Waals surface area contributed by atoms with E-state index in [9.17, 15) is 22.8 Å². The summed E-state index contributed by atoms with van der Waals surface area (Å²) in [5.74, 6) is -0.755. The van der Waals surface area contributed by atoms with Gasteiger partial charge in [-0.15, -0.1) is 0 Å². The van der Waals surface area contributed by atoms with Crippen molar-refractivity contribution in [3.8, 4) is 0 Å². The molecule has 23 heavy (non-hydrogen) atoms. The molecule has 0 spiro atoms. The molecule has 0 bridgehead atoms. The molecule has 0 heterocycles. The second kappa shape index (κ2) is 9.17. The molecule has 1 unspecified atom stereocenters. The highest BCUT2D eigenvalue weighted by atomic mass is 19.4. The van der Waals surface area contributed by atoms with Gasteiger partial charge in [-0.05, 0) is 18.4 Å². The second-order valence-electron chi connectivity index (χ2n) is 5.25. The smallest absolute Gasteiger partial charge is 0.356 e. The van der Waals surface area contributed by atoms with Crippen molar-refractivity contribution < 1.29 is 22.8 Å². The van der Waals surface area contributed by atoms with Gasteiger partial charge >= 0.3 is 6.18 Å². The van der Waals surface area contributed by atoms with E-state index < -0.39 is 18.1 Å². The van der Waals surface area contributed by atoms with Crippen LogP contribution < -0.4 is 10.6 Å². The van der Waals surface area contributed by atoms with E-state index in [1.807, 2.05) is 5.32 Å². The Labute approximate surface area is 133 Å². The van der Waals surface area contributed by atoms with Crippen LogP contribution >= 0.6 is 0 Å². The molecule has 0 aliphatic heterocycles. The Morgan fingerprint density at radius 1 is 1.09 bits per heavy atom. The fourth-order valence-electron chi connectivity index (χ4n) is 2.08. The molecule has 2 amide bonds. The van der Waals surface area contributed by atoms with Crippen molar-refractivity contribution >= 4 is 11.8 Å². The van der Waals surface area contributed by atoms with Crippen LogP contribution in [0.15, 0.2) is 30.3 Å². The molecule has 7 heteroatoms. The number of halogens is 3. The van der Waals surface area contributed by atoms with Crippen LogP contribution in [0.2, 0.25) is 0 Å². The van der Waals surface area contributed by atoms with E-state index in [2.05, 4.69) is 5.32 Å². The van der Waals surface area contributed by atoms with Crippen LogP contribution in [0.5, 0.6) is 0 Å². The molecule has 1 aromatic rings. The lowest BCUT2D eigenvalue weighted by atomic mass is 10.1. The van der Waals surface area contributed by atoms with Gasteiger partial charge in [0.05, 0.1) is 0 Å². The Hall–Kier alpha value is -2.05. The zero-order valence-corrected chi connectivity index (χ0v) is 13.0. The maximum Gasteiger partial charge on any atom is 0.412 e. The SMILES string of the molecule is CC(=O)NCCCCCC(=O)NC(c1ccccc1)C(F)(F)F. The molecule has 128 valence electrons. The fraction of sp³-hybridized carbons (Fsp3) is 0.500. The summed E-state index contributed by atoms with van der Waals surface area (Å²) in [7, 11) is 0. The largest absolute Gasteiger partial charge is 0.412 e. The number of rotatable bonds is 8. The van der Waals surface area contributed by atoms with Gasteiger partial charge in [0.1, 0.15) is 0 Å². The maximum absolute atomic E-state index is 13.1. The summed E-state index contributed by atoms with van der Waals surface area (Å²) in [6, 6.07) is 5.31. The van der Waals surface area contributed by atoms with E-state index in [1.165, 1.54) is 31.2 Å². The molecule has 0 aliphatic rings. The van der Waals surface area contributed by atoms with Gasteiger partial charge in [0, 0.05) is 19.9 Å². The van der Waals surface area contributed by atoms with Gasteiger partial charge in [-0.3, -0.25) is 9.59 Å².